The molecule has 0 fully saturated rings. The quantitative estimate of drug-likeness (QED) is 0.348. The predicted octanol–water partition coefficient (Wildman–Crippen LogP) is 6.13. The molecule has 0 bridgehead atoms. The van der Waals surface area contributed by atoms with E-state index in [4.69, 9.17) is 55.9 Å². The Morgan fingerprint density at radius 3 is 1.50 bits per heavy atom. The fraction of sp³-hybridized carbons (Fsp3) is 0. The van der Waals surface area contributed by atoms with Gasteiger partial charge in [0.2, 0.25) is 0 Å². The van der Waals surface area contributed by atoms with E-state index in [1.807, 2.05) is 0 Å². The Morgan fingerprint density at radius 2 is 1.11 bits per heavy atom. The molecule has 0 spiro atoms. The smallest absolute Gasteiger partial charge is 0.362 e. The number of pyridine rings is 1. The summed E-state index contributed by atoms with van der Waals surface area (Å²) in [5.41, 5.74) is -0.217. The molecule has 142 valence electrons. The lowest BCUT2D eigenvalue weighted by Crippen LogP contribution is -2.16. The van der Waals surface area contributed by atoms with Gasteiger partial charge in [0.25, 0.3) is 0 Å². The molecule has 0 atom stereocenters. The lowest BCUT2D eigenvalue weighted by atomic mass is 10.3. The summed E-state index contributed by atoms with van der Waals surface area (Å²) in [6.07, 6.45) is 0. The number of benzene rings is 2. The fourth-order valence-corrected chi connectivity index (χ4v) is 2.98. The second-order valence-electron chi connectivity index (χ2n) is 5.34. The van der Waals surface area contributed by atoms with Crippen LogP contribution >= 0.6 is 46.4 Å². The van der Waals surface area contributed by atoms with E-state index in [2.05, 4.69) is 4.98 Å². The molecule has 3 aromatic rings. The highest BCUT2D eigenvalue weighted by molar-refractivity contribution is 6.36. The van der Waals surface area contributed by atoms with Crippen LogP contribution in [0.25, 0.3) is 0 Å². The highest BCUT2D eigenvalue weighted by Crippen LogP contribution is 2.29. The Labute approximate surface area is 179 Å². The molecule has 28 heavy (non-hydrogen) atoms. The van der Waals surface area contributed by atoms with Crippen LogP contribution in [-0.4, -0.2) is 16.9 Å². The van der Waals surface area contributed by atoms with Crippen molar-refractivity contribution in [2.45, 2.75) is 0 Å². The van der Waals surface area contributed by atoms with Crippen LogP contribution in [0.4, 0.5) is 0 Å². The molecule has 1 heterocycles. The summed E-state index contributed by atoms with van der Waals surface area (Å²) >= 11 is 23.6. The number of nitrogens with zero attached hydrogens (tertiary/aromatic N) is 1. The number of hydrogen-bond acceptors (Lipinski definition) is 5. The van der Waals surface area contributed by atoms with E-state index in [0.29, 0.717) is 10.0 Å². The van der Waals surface area contributed by atoms with Gasteiger partial charge in [0.1, 0.15) is 22.9 Å². The monoisotopic (exact) mass is 455 g/mol. The molecule has 3 rings (SSSR count). The molecular formula is C19H9Cl4NO4. The molecule has 0 aliphatic heterocycles. The maximum absolute atomic E-state index is 12.3. The molecule has 0 aliphatic rings. The number of hydrogen-bond donors (Lipinski definition) is 0. The second-order valence-corrected chi connectivity index (χ2v) is 7.02. The standard InChI is InChI=1S/C19H9Cl4NO4/c20-10-4-6-16(12(22)8-10)27-18(25)14-2-1-3-15(24-14)19(26)28-17-7-5-11(21)9-13(17)23/h1-9H. The number of rotatable bonds is 4. The van der Waals surface area contributed by atoms with Crippen molar-refractivity contribution in [3.05, 3.63) is 86.1 Å². The third-order valence-electron chi connectivity index (χ3n) is 3.36. The number of aromatic nitrogens is 1. The second kappa shape index (κ2) is 8.80. The van der Waals surface area contributed by atoms with Crippen LogP contribution in [0, 0.1) is 0 Å². The summed E-state index contributed by atoms with van der Waals surface area (Å²) in [6, 6.07) is 13.0. The summed E-state index contributed by atoms with van der Waals surface area (Å²) in [7, 11) is 0. The van der Waals surface area contributed by atoms with E-state index < -0.39 is 11.9 Å². The lowest BCUT2D eigenvalue weighted by Gasteiger charge is -2.08. The molecule has 0 saturated heterocycles. The van der Waals surface area contributed by atoms with E-state index in [9.17, 15) is 9.59 Å². The maximum atomic E-state index is 12.3. The Kier molecular flexibility index (Phi) is 6.42. The maximum Gasteiger partial charge on any atom is 0.362 e. The Bertz CT molecular complexity index is 991. The number of ether oxygens (including phenoxy) is 2. The topological polar surface area (TPSA) is 65.5 Å². The van der Waals surface area contributed by atoms with Crippen LogP contribution in [0.1, 0.15) is 21.0 Å². The van der Waals surface area contributed by atoms with Crippen LogP contribution in [0.15, 0.2) is 54.6 Å². The van der Waals surface area contributed by atoms with Crippen molar-refractivity contribution in [2.24, 2.45) is 0 Å². The molecular weight excluding hydrogens is 448 g/mol. The van der Waals surface area contributed by atoms with Gasteiger partial charge in [-0.05, 0) is 48.5 Å². The average Bonchev–Trinajstić information content (AvgIpc) is 2.66. The van der Waals surface area contributed by atoms with E-state index >= 15 is 0 Å². The van der Waals surface area contributed by atoms with Crippen molar-refractivity contribution in [1.82, 2.24) is 4.98 Å². The first-order valence-electron chi connectivity index (χ1n) is 7.65. The minimum atomic E-state index is -0.802. The molecule has 0 unspecified atom stereocenters. The van der Waals surface area contributed by atoms with Crippen molar-refractivity contribution in [3.63, 3.8) is 0 Å². The van der Waals surface area contributed by atoms with Gasteiger partial charge in [-0.2, -0.15) is 0 Å². The van der Waals surface area contributed by atoms with Crippen LogP contribution in [0.2, 0.25) is 20.1 Å². The van der Waals surface area contributed by atoms with E-state index in [0.717, 1.165) is 0 Å². The minimum absolute atomic E-state index is 0.109. The fourth-order valence-electron chi connectivity index (χ4n) is 2.08. The van der Waals surface area contributed by atoms with Gasteiger partial charge in [-0.1, -0.05) is 52.5 Å². The van der Waals surface area contributed by atoms with Crippen LogP contribution in [0.5, 0.6) is 11.5 Å². The van der Waals surface area contributed by atoms with Gasteiger partial charge >= 0.3 is 11.9 Å². The van der Waals surface area contributed by atoms with Crippen molar-refractivity contribution < 1.29 is 19.1 Å². The molecule has 5 nitrogen and oxygen atoms in total. The third kappa shape index (κ3) is 4.94. The lowest BCUT2D eigenvalue weighted by molar-refractivity contribution is 0.0722. The van der Waals surface area contributed by atoms with Gasteiger partial charge in [-0.25, -0.2) is 14.6 Å². The molecule has 0 N–H and O–H groups in total. The van der Waals surface area contributed by atoms with Gasteiger partial charge < -0.3 is 9.47 Å². The summed E-state index contributed by atoms with van der Waals surface area (Å²) in [6.45, 7) is 0. The number of carbonyl (C=O) groups excluding carboxylic acids is 2. The third-order valence-corrected chi connectivity index (χ3v) is 4.42. The number of halogens is 4. The van der Waals surface area contributed by atoms with E-state index in [-0.39, 0.29) is 32.9 Å². The Hall–Kier alpha value is -2.31. The normalized spacial score (nSPS) is 10.4. The first kappa shape index (κ1) is 20.4. The first-order valence-corrected chi connectivity index (χ1v) is 9.16. The van der Waals surface area contributed by atoms with Gasteiger partial charge in [0, 0.05) is 10.0 Å². The molecule has 0 aliphatic carbocycles. The summed E-state index contributed by atoms with van der Waals surface area (Å²) in [4.78, 5) is 28.6. The molecule has 0 radical (unpaired) electrons. The van der Waals surface area contributed by atoms with Gasteiger partial charge in [0.05, 0.1) is 10.0 Å². The van der Waals surface area contributed by atoms with E-state index in [1.54, 1.807) is 0 Å². The Morgan fingerprint density at radius 1 is 0.679 bits per heavy atom. The molecule has 0 saturated carbocycles. The molecule has 1 aromatic heterocycles. The SMILES string of the molecule is O=C(Oc1ccc(Cl)cc1Cl)c1cccc(C(=O)Oc2ccc(Cl)cc2Cl)n1. The van der Waals surface area contributed by atoms with Gasteiger partial charge in [-0.3, -0.25) is 0 Å². The predicted molar refractivity (Wildman–Crippen MR) is 107 cm³/mol. The van der Waals surface area contributed by atoms with E-state index in [1.165, 1.54) is 54.6 Å². The molecule has 0 amide bonds. The van der Waals surface area contributed by atoms with Gasteiger partial charge in [0.15, 0.2) is 0 Å². The highest BCUT2D eigenvalue weighted by Gasteiger charge is 2.18. The van der Waals surface area contributed by atoms with Crippen molar-refractivity contribution in [1.29, 1.82) is 0 Å². The van der Waals surface area contributed by atoms with Crippen molar-refractivity contribution in [3.8, 4) is 11.5 Å². The number of esters is 2. The summed E-state index contributed by atoms with van der Waals surface area (Å²) < 4.78 is 10.4. The van der Waals surface area contributed by atoms with Crippen molar-refractivity contribution in [2.75, 3.05) is 0 Å². The summed E-state index contributed by atoms with van der Waals surface area (Å²) in [5, 5.41) is 1.12. The zero-order valence-electron chi connectivity index (χ0n) is 13.8. The average molecular weight is 457 g/mol. The first-order chi connectivity index (χ1) is 13.3. The Balaban J connectivity index is 1.77. The highest BCUT2D eigenvalue weighted by atomic mass is 35.5. The molecule has 2 aromatic carbocycles. The van der Waals surface area contributed by atoms with Crippen LogP contribution in [-0.2, 0) is 0 Å². The zero-order valence-corrected chi connectivity index (χ0v) is 16.8. The summed E-state index contributed by atoms with van der Waals surface area (Å²) in [5.74, 6) is -1.38. The number of carbonyl (C=O) groups is 2. The molecule has 9 heteroatoms. The largest absolute Gasteiger partial charge is 0.420 e. The van der Waals surface area contributed by atoms with Crippen LogP contribution in [0.3, 0.4) is 0 Å². The zero-order chi connectivity index (χ0) is 20.3. The van der Waals surface area contributed by atoms with Crippen LogP contribution < -0.4 is 9.47 Å². The minimum Gasteiger partial charge on any atom is -0.420 e. The van der Waals surface area contributed by atoms with Gasteiger partial charge in [-0.15, -0.1) is 0 Å². The van der Waals surface area contributed by atoms with Crippen molar-refractivity contribution >= 4 is 58.3 Å².